The molecule has 12 heavy (non-hydrogen) atoms. The lowest BCUT2D eigenvalue weighted by molar-refractivity contribution is -0.00693. The maximum atomic E-state index is 9.53. The van der Waals surface area contributed by atoms with Gasteiger partial charge >= 0.3 is 0 Å². The first-order chi connectivity index (χ1) is 5.70. The van der Waals surface area contributed by atoms with Crippen LogP contribution in [-0.4, -0.2) is 34.1 Å². The lowest BCUT2D eigenvalue weighted by atomic mass is 9.99. The van der Waals surface area contributed by atoms with E-state index in [2.05, 4.69) is 6.92 Å². The average Bonchev–Trinajstić information content (AvgIpc) is 2.33. The normalized spacial score (nSPS) is 42.0. The Hall–Kier alpha value is -0.120. The van der Waals surface area contributed by atoms with E-state index in [9.17, 15) is 10.2 Å². The minimum atomic E-state index is -0.716. The number of rotatable bonds is 3. The summed E-state index contributed by atoms with van der Waals surface area (Å²) in [6, 6.07) is 0. The van der Waals surface area contributed by atoms with Gasteiger partial charge in [-0.05, 0) is 18.8 Å². The summed E-state index contributed by atoms with van der Waals surface area (Å²) < 4.78 is 0. The van der Waals surface area contributed by atoms with Gasteiger partial charge in [-0.1, -0.05) is 13.3 Å². The van der Waals surface area contributed by atoms with Gasteiger partial charge in [-0.3, -0.25) is 0 Å². The molecule has 0 unspecified atom stereocenters. The maximum absolute atomic E-state index is 9.53. The minimum Gasteiger partial charge on any atom is -0.396 e. The van der Waals surface area contributed by atoms with Crippen LogP contribution in [0.3, 0.4) is 0 Å². The van der Waals surface area contributed by atoms with Gasteiger partial charge in [-0.2, -0.15) is 0 Å². The van der Waals surface area contributed by atoms with E-state index in [-0.39, 0.29) is 18.4 Å². The van der Waals surface area contributed by atoms with Crippen LogP contribution in [0.1, 0.15) is 26.2 Å². The molecule has 0 spiro atoms. The third-order valence-electron chi connectivity index (χ3n) is 2.82. The SMILES string of the molecule is CCC[C@@H]1C[C@@H](CO)[C@H](O)[C@H]1O. The van der Waals surface area contributed by atoms with Crippen molar-refractivity contribution >= 4 is 0 Å². The Kier molecular flexibility index (Phi) is 3.50. The minimum absolute atomic E-state index is 0.0154. The lowest BCUT2D eigenvalue weighted by Gasteiger charge is -2.15. The molecule has 0 heterocycles. The van der Waals surface area contributed by atoms with Crippen molar-refractivity contribution in [3.63, 3.8) is 0 Å². The Balaban J connectivity index is 2.48. The Morgan fingerprint density at radius 3 is 2.17 bits per heavy atom. The van der Waals surface area contributed by atoms with Crippen LogP contribution in [0.2, 0.25) is 0 Å². The van der Waals surface area contributed by atoms with Crippen LogP contribution in [-0.2, 0) is 0 Å². The van der Waals surface area contributed by atoms with Gasteiger partial charge in [0.05, 0.1) is 12.2 Å². The molecule has 1 saturated carbocycles. The summed E-state index contributed by atoms with van der Waals surface area (Å²) in [7, 11) is 0. The van der Waals surface area contributed by atoms with E-state index >= 15 is 0 Å². The molecule has 0 saturated heterocycles. The van der Waals surface area contributed by atoms with Gasteiger partial charge in [0.1, 0.15) is 0 Å². The van der Waals surface area contributed by atoms with E-state index in [0.29, 0.717) is 0 Å². The zero-order chi connectivity index (χ0) is 9.14. The molecule has 3 N–H and O–H groups in total. The van der Waals surface area contributed by atoms with Crippen LogP contribution in [0.5, 0.6) is 0 Å². The molecule has 3 nitrogen and oxygen atoms in total. The first-order valence-electron chi connectivity index (χ1n) is 4.67. The monoisotopic (exact) mass is 174 g/mol. The number of hydrogen-bond donors (Lipinski definition) is 3. The molecule has 0 aliphatic heterocycles. The van der Waals surface area contributed by atoms with Crippen molar-refractivity contribution in [1.29, 1.82) is 0 Å². The smallest absolute Gasteiger partial charge is 0.0851 e. The van der Waals surface area contributed by atoms with Crippen molar-refractivity contribution in [1.82, 2.24) is 0 Å². The fraction of sp³-hybridized carbons (Fsp3) is 1.00. The van der Waals surface area contributed by atoms with Gasteiger partial charge in [0.25, 0.3) is 0 Å². The van der Waals surface area contributed by atoms with Gasteiger partial charge in [-0.25, -0.2) is 0 Å². The Morgan fingerprint density at radius 2 is 1.75 bits per heavy atom. The summed E-state index contributed by atoms with van der Waals surface area (Å²) >= 11 is 0. The summed E-state index contributed by atoms with van der Waals surface area (Å²) in [5.74, 6) is 0.0682. The first kappa shape index (κ1) is 9.96. The lowest BCUT2D eigenvalue weighted by Crippen LogP contribution is -2.29. The predicted molar refractivity (Wildman–Crippen MR) is 45.6 cm³/mol. The molecular weight excluding hydrogens is 156 g/mol. The molecule has 1 aliphatic carbocycles. The third-order valence-corrected chi connectivity index (χ3v) is 2.82. The second-order valence-corrected chi connectivity index (χ2v) is 3.71. The van der Waals surface area contributed by atoms with Crippen molar-refractivity contribution in [2.45, 2.75) is 38.4 Å². The van der Waals surface area contributed by atoms with Crippen LogP contribution >= 0.6 is 0 Å². The van der Waals surface area contributed by atoms with Crippen LogP contribution < -0.4 is 0 Å². The van der Waals surface area contributed by atoms with Crippen molar-refractivity contribution in [2.24, 2.45) is 11.8 Å². The molecule has 0 aromatic heterocycles. The largest absolute Gasteiger partial charge is 0.396 e. The summed E-state index contributed by atoms with van der Waals surface area (Å²) in [5, 5.41) is 27.8. The topological polar surface area (TPSA) is 60.7 Å². The molecule has 0 bridgehead atoms. The van der Waals surface area contributed by atoms with Gasteiger partial charge in [0.15, 0.2) is 0 Å². The highest BCUT2D eigenvalue weighted by Gasteiger charge is 2.40. The van der Waals surface area contributed by atoms with Crippen LogP contribution in [0, 0.1) is 11.8 Å². The number of aliphatic hydroxyl groups excluding tert-OH is 3. The maximum Gasteiger partial charge on any atom is 0.0851 e. The fourth-order valence-electron chi connectivity index (χ4n) is 2.07. The van der Waals surface area contributed by atoms with Crippen LogP contribution in [0.25, 0.3) is 0 Å². The highest BCUT2D eigenvalue weighted by molar-refractivity contribution is 4.90. The zero-order valence-electron chi connectivity index (χ0n) is 7.48. The van der Waals surface area contributed by atoms with Gasteiger partial charge in [0.2, 0.25) is 0 Å². The van der Waals surface area contributed by atoms with E-state index in [1.807, 2.05) is 0 Å². The van der Waals surface area contributed by atoms with Crippen molar-refractivity contribution < 1.29 is 15.3 Å². The predicted octanol–water partition coefficient (Wildman–Crippen LogP) is 0.137. The van der Waals surface area contributed by atoms with E-state index in [0.717, 1.165) is 19.3 Å². The molecule has 1 rings (SSSR count). The summed E-state index contributed by atoms with van der Waals surface area (Å²) in [5.41, 5.74) is 0. The summed E-state index contributed by atoms with van der Waals surface area (Å²) in [6.45, 7) is 2.05. The van der Waals surface area contributed by atoms with Crippen molar-refractivity contribution in [3.05, 3.63) is 0 Å². The van der Waals surface area contributed by atoms with Crippen LogP contribution in [0.4, 0.5) is 0 Å². The number of aliphatic hydroxyl groups is 3. The molecule has 1 fully saturated rings. The van der Waals surface area contributed by atoms with Crippen LogP contribution in [0.15, 0.2) is 0 Å². The quantitative estimate of drug-likeness (QED) is 0.570. The summed E-state index contributed by atoms with van der Waals surface area (Å²) in [4.78, 5) is 0. The van der Waals surface area contributed by atoms with Crippen molar-refractivity contribution in [2.75, 3.05) is 6.61 Å². The molecular formula is C9H18O3. The zero-order valence-corrected chi connectivity index (χ0v) is 7.48. The fourth-order valence-corrected chi connectivity index (χ4v) is 2.07. The number of hydrogen-bond acceptors (Lipinski definition) is 3. The molecule has 1 aliphatic rings. The summed E-state index contributed by atoms with van der Waals surface area (Å²) in [6.07, 6.45) is 1.38. The Morgan fingerprint density at radius 1 is 1.17 bits per heavy atom. The van der Waals surface area contributed by atoms with Gasteiger partial charge in [0, 0.05) is 12.5 Å². The van der Waals surface area contributed by atoms with E-state index in [1.165, 1.54) is 0 Å². The highest BCUT2D eigenvalue weighted by atomic mass is 16.3. The second-order valence-electron chi connectivity index (χ2n) is 3.71. The van der Waals surface area contributed by atoms with E-state index in [1.54, 1.807) is 0 Å². The molecule has 3 heteroatoms. The van der Waals surface area contributed by atoms with Gasteiger partial charge in [-0.15, -0.1) is 0 Å². The average molecular weight is 174 g/mol. The van der Waals surface area contributed by atoms with E-state index in [4.69, 9.17) is 5.11 Å². The van der Waals surface area contributed by atoms with E-state index < -0.39 is 12.2 Å². The van der Waals surface area contributed by atoms with Gasteiger partial charge < -0.3 is 15.3 Å². The molecule has 0 aromatic rings. The molecule has 0 amide bonds. The molecule has 0 radical (unpaired) electrons. The highest BCUT2D eigenvalue weighted by Crippen LogP contribution is 2.34. The molecule has 4 atom stereocenters. The third kappa shape index (κ3) is 1.79. The second kappa shape index (κ2) is 4.21. The van der Waals surface area contributed by atoms with Crippen molar-refractivity contribution in [3.8, 4) is 0 Å². The first-order valence-corrected chi connectivity index (χ1v) is 4.67. The standard InChI is InChI=1S/C9H18O3/c1-2-3-6-4-7(5-10)9(12)8(6)11/h6-12H,2-5H2,1H3/t6-,7+,8+,9+/m1/s1. The molecule has 0 aromatic carbocycles. The molecule has 72 valence electrons. The Labute approximate surface area is 73.0 Å². The Bertz CT molecular complexity index is 138.